The van der Waals surface area contributed by atoms with Gasteiger partial charge in [0.2, 0.25) is 11.8 Å². The van der Waals surface area contributed by atoms with Crippen LogP contribution in [0.4, 0.5) is 11.5 Å². The molecule has 1 atom stereocenters. The Balaban J connectivity index is 1.52. The van der Waals surface area contributed by atoms with Crippen LogP contribution < -0.4 is 14.5 Å². The van der Waals surface area contributed by atoms with Gasteiger partial charge in [-0.25, -0.2) is 9.97 Å². The zero-order valence-electron chi connectivity index (χ0n) is 13.8. The molecular formula is C16H20N6O2. The molecular weight excluding hydrogens is 308 g/mol. The van der Waals surface area contributed by atoms with Gasteiger partial charge >= 0.3 is 0 Å². The van der Waals surface area contributed by atoms with E-state index in [1.54, 1.807) is 18.0 Å². The number of ether oxygens (including phenoxy) is 1. The molecule has 2 saturated heterocycles. The lowest BCUT2D eigenvalue weighted by Gasteiger charge is -2.24. The SMILES string of the molecule is COc1cc(N2CCC3(CC(=O)N(c4cnn(C)c4)C3)C2)ncn1. The van der Waals surface area contributed by atoms with Crippen molar-refractivity contribution in [2.45, 2.75) is 12.8 Å². The highest BCUT2D eigenvalue weighted by molar-refractivity contribution is 5.96. The van der Waals surface area contributed by atoms with E-state index in [-0.39, 0.29) is 11.3 Å². The Labute approximate surface area is 140 Å². The Morgan fingerprint density at radius 3 is 2.92 bits per heavy atom. The van der Waals surface area contributed by atoms with Crippen molar-refractivity contribution in [1.29, 1.82) is 0 Å². The molecule has 1 spiro atoms. The Morgan fingerprint density at radius 2 is 2.17 bits per heavy atom. The molecule has 2 aliphatic heterocycles. The summed E-state index contributed by atoms with van der Waals surface area (Å²) in [6, 6.07) is 1.84. The van der Waals surface area contributed by atoms with Gasteiger partial charge in [0, 0.05) is 50.8 Å². The van der Waals surface area contributed by atoms with Crippen molar-refractivity contribution in [3.63, 3.8) is 0 Å². The number of aryl methyl sites for hydroxylation is 1. The van der Waals surface area contributed by atoms with Gasteiger partial charge in [-0.05, 0) is 6.42 Å². The third kappa shape index (κ3) is 2.47. The topological polar surface area (TPSA) is 76.4 Å². The van der Waals surface area contributed by atoms with E-state index in [1.807, 2.05) is 24.2 Å². The molecule has 126 valence electrons. The number of amides is 1. The summed E-state index contributed by atoms with van der Waals surface area (Å²) in [5.74, 6) is 1.58. The average Bonchev–Trinajstić information content (AvgIpc) is 3.27. The minimum absolute atomic E-state index is 0.0227. The van der Waals surface area contributed by atoms with E-state index < -0.39 is 0 Å². The molecule has 4 heterocycles. The van der Waals surface area contributed by atoms with Gasteiger partial charge in [0.05, 0.1) is 19.0 Å². The lowest BCUT2D eigenvalue weighted by molar-refractivity contribution is -0.117. The lowest BCUT2D eigenvalue weighted by atomic mass is 9.86. The van der Waals surface area contributed by atoms with Crippen LogP contribution in [0.15, 0.2) is 24.8 Å². The van der Waals surface area contributed by atoms with Gasteiger partial charge in [-0.3, -0.25) is 9.48 Å². The first-order valence-corrected chi connectivity index (χ1v) is 7.99. The summed E-state index contributed by atoms with van der Waals surface area (Å²) in [7, 11) is 3.46. The number of nitrogens with zero attached hydrogens (tertiary/aromatic N) is 6. The third-order valence-corrected chi connectivity index (χ3v) is 4.92. The normalized spacial score (nSPS) is 23.5. The van der Waals surface area contributed by atoms with Crippen LogP contribution in [0.25, 0.3) is 0 Å². The summed E-state index contributed by atoms with van der Waals surface area (Å²) in [5.41, 5.74) is 0.854. The number of rotatable bonds is 3. The first-order valence-electron chi connectivity index (χ1n) is 7.99. The molecule has 0 radical (unpaired) electrons. The van der Waals surface area contributed by atoms with E-state index in [4.69, 9.17) is 4.74 Å². The summed E-state index contributed by atoms with van der Waals surface area (Å²) in [4.78, 5) is 25.0. The van der Waals surface area contributed by atoms with Crippen molar-refractivity contribution >= 4 is 17.4 Å². The third-order valence-electron chi connectivity index (χ3n) is 4.92. The number of anilines is 2. The maximum absolute atomic E-state index is 12.5. The summed E-state index contributed by atoms with van der Waals surface area (Å²) >= 11 is 0. The number of hydrogen-bond donors (Lipinski definition) is 0. The second kappa shape index (κ2) is 5.47. The van der Waals surface area contributed by atoms with Crippen LogP contribution in [0.1, 0.15) is 12.8 Å². The molecule has 0 saturated carbocycles. The summed E-state index contributed by atoms with van der Waals surface area (Å²) in [6.45, 7) is 2.43. The summed E-state index contributed by atoms with van der Waals surface area (Å²) in [5, 5.41) is 4.17. The number of aromatic nitrogens is 4. The minimum Gasteiger partial charge on any atom is -0.481 e. The van der Waals surface area contributed by atoms with Crippen LogP contribution in [-0.2, 0) is 11.8 Å². The Bertz CT molecular complexity index is 775. The smallest absolute Gasteiger partial charge is 0.227 e. The molecule has 0 bridgehead atoms. The van der Waals surface area contributed by atoms with Gasteiger partial charge in [-0.1, -0.05) is 0 Å². The molecule has 1 unspecified atom stereocenters. The fourth-order valence-electron chi connectivity index (χ4n) is 3.70. The van der Waals surface area contributed by atoms with Crippen molar-refractivity contribution < 1.29 is 9.53 Å². The highest BCUT2D eigenvalue weighted by atomic mass is 16.5. The fraction of sp³-hybridized carbons (Fsp3) is 0.500. The average molecular weight is 328 g/mol. The second-order valence-corrected chi connectivity index (χ2v) is 6.62. The predicted octanol–water partition coefficient (Wildman–Crippen LogP) is 0.852. The molecule has 1 amide bonds. The van der Waals surface area contributed by atoms with Gasteiger partial charge in [0.1, 0.15) is 12.1 Å². The van der Waals surface area contributed by atoms with Crippen LogP contribution in [0, 0.1) is 5.41 Å². The lowest BCUT2D eigenvalue weighted by Crippen LogP contribution is -2.31. The quantitative estimate of drug-likeness (QED) is 0.831. The second-order valence-electron chi connectivity index (χ2n) is 6.62. The minimum atomic E-state index is -0.0227. The number of hydrogen-bond acceptors (Lipinski definition) is 6. The number of carbonyl (C=O) groups is 1. The van der Waals surface area contributed by atoms with Gasteiger partial charge in [0.25, 0.3) is 0 Å². The van der Waals surface area contributed by atoms with Crippen molar-refractivity contribution in [2.24, 2.45) is 12.5 Å². The molecule has 0 N–H and O–H groups in total. The largest absolute Gasteiger partial charge is 0.481 e. The van der Waals surface area contributed by atoms with Crippen LogP contribution in [0.3, 0.4) is 0 Å². The van der Waals surface area contributed by atoms with E-state index in [1.165, 1.54) is 6.33 Å². The molecule has 0 aliphatic carbocycles. The van der Waals surface area contributed by atoms with Gasteiger partial charge in [0.15, 0.2) is 0 Å². The van der Waals surface area contributed by atoms with Gasteiger partial charge in [-0.15, -0.1) is 0 Å². The van der Waals surface area contributed by atoms with Crippen LogP contribution in [0.2, 0.25) is 0 Å². The van der Waals surface area contributed by atoms with Crippen LogP contribution >= 0.6 is 0 Å². The molecule has 8 heteroatoms. The Kier molecular flexibility index (Phi) is 3.40. The molecule has 2 fully saturated rings. The summed E-state index contributed by atoms with van der Waals surface area (Å²) in [6.07, 6.45) is 6.70. The van der Waals surface area contributed by atoms with Crippen LogP contribution in [0.5, 0.6) is 5.88 Å². The maximum atomic E-state index is 12.5. The first kappa shape index (κ1) is 14.9. The molecule has 8 nitrogen and oxygen atoms in total. The van der Waals surface area contributed by atoms with E-state index in [0.29, 0.717) is 12.3 Å². The highest BCUT2D eigenvalue weighted by Gasteiger charge is 2.48. The molecule has 2 aromatic heterocycles. The number of carbonyl (C=O) groups excluding carboxylic acids is 1. The van der Waals surface area contributed by atoms with Crippen molar-refractivity contribution in [3.05, 3.63) is 24.8 Å². The molecule has 2 aliphatic rings. The Morgan fingerprint density at radius 1 is 1.29 bits per heavy atom. The fourth-order valence-corrected chi connectivity index (χ4v) is 3.70. The van der Waals surface area contributed by atoms with Crippen molar-refractivity contribution in [3.8, 4) is 5.88 Å². The van der Waals surface area contributed by atoms with Crippen molar-refractivity contribution in [2.75, 3.05) is 36.5 Å². The van der Waals surface area contributed by atoms with Crippen molar-refractivity contribution in [1.82, 2.24) is 19.7 Å². The van der Waals surface area contributed by atoms with Crippen LogP contribution in [-0.4, -0.2) is 52.4 Å². The van der Waals surface area contributed by atoms with E-state index in [0.717, 1.165) is 37.6 Å². The maximum Gasteiger partial charge on any atom is 0.227 e. The standard InChI is InChI=1S/C16H20N6O2/c1-20-8-12(7-19-20)22-10-16(6-15(22)23)3-4-21(9-16)13-5-14(24-2)18-11-17-13/h5,7-8,11H,3-4,6,9-10H2,1-2H3. The molecule has 4 rings (SSSR count). The first-order chi connectivity index (χ1) is 11.6. The zero-order valence-corrected chi connectivity index (χ0v) is 13.8. The predicted molar refractivity (Wildman–Crippen MR) is 88.0 cm³/mol. The molecule has 0 aromatic carbocycles. The summed E-state index contributed by atoms with van der Waals surface area (Å²) < 4.78 is 6.90. The Hall–Kier alpha value is -2.64. The van der Waals surface area contributed by atoms with E-state index >= 15 is 0 Å². The molecule has 2 aromatic rings. The van der Waals surface area contributed by atoms with E-state index in [2.05, 4.69) is 20.0 Å². The monoisotopic (exact) mass is 328 g/mol. The number of methoxy groups -OCH3 is 1. The molecule has 24 heavy (non-hydrogen) atoms. The van der Waals surface area contributed by atoms with Gasteiger partial charge in [-0.2, -0.15) is 5.10 Å². The zero-order chi connectivity index (χ0) is 16.7. The van der Waals surface area contributed by atoms with E-state index in [9.17, 15) is 4.79 Å². The van der Waals surface area contributed by atoms with Gasteiger partial charge < -0.3 is 14.5 Å². The highest BCUT2D eigenvalue weighted by Crippen LogP contribution is 2.42.